The number of benzene rings is 3. The Balaban J connectivity index is 1.88. The maximum Gasteiger partial charge on any atom is 0.162 e. The quantitative estimate of drug-likeness (QED) is 0.534. The van der Waals surface area contributed by atoms with Gasteiger partial charge in [0.2, 0.25) is 0 Å². The summed E-state index contributed by atoms with van der Waals surface area (Å²) in [7, 11) is 5.19. The molecule has 0 spiro atoms. The average Bonchev–Trinajstić information content (AvgIpc) is 2.78. The van der Waals surface area contributed by atoms with E-state index < -0.39 is 0 Å². The van der Waals surface area contributed by atoms with Crippen molar-refractivity contribution >= 4 is 16.7 Å². The van der Waals surface area contributed by atoms with Crippen LogP contribution in [0.4, 0.5) is 5.82 Å². The third kappa shape index (κ3) is 3.22. The molecule has 0 radical (unpaired) electrons. The molecule has 0 atom stereocenters. The minimum Gasteiger partial charge on any atom is -0.497 e. The Morgan fingerprint density at radius 3 is 2.32 bits per heavy atom. The van der Waals surface area contributed by atoms with E-state index in [4.69, 9.17) is 19.4 Å². The van der Waals surface area contributed by atoms with Gasteiger partial charge in [-0.2, -0.15) is 0 Å². The minimum absolute atomic E-state index is 0.698. The molecule has 0 bridgehead atoms. The molecule has 0 aliphatic rings. The molecule has 28 heavy (non-hydrogen) atoms. The number of rotatable bonds is 5. The van der Waals surface area contributed by atoms with E-state index in [2.05, 4.69) is 11.4 Å². The van der Waals surface area contributed by atoms with Crippen LogP contribution in [0, 0.1) is 0 Å². The monoisotopic (exact) mass is 371 g/mol. The smallest absolute Gasteiger partial charge is 0.162 e. The van der Waals surface area contributed by atoms with Crippen LogP contribution in [0.15, 0.2) is 66.7 Å². The summed E-state index contributed by atoms with van der Waals surface area (Å²) < 4.78 is 10.9. The van der Waals surface area contributed by atoms with Gasteiger partial charge in [-0.15, -0.1) is 0 Å². The van der Waals surface area contributed by atoms with E-state index in [0.717, 1.165) is 44.9 Å². The van der Waals surface area contributed by atoms with E-state index >= 15 is 0 Å². The van der Waals surface area contributed by atoms with Crippen LogP contribution >= 0.6 is 0 Å². The number of nitrogens with zero attached hydrogens (tertiary/aromatic N) is 2. The number of anilines is 1. The summed E-state index contributed by atoms with van der Waals surface area (Å²) in [6.45, 7) is 0. The summed E-state index contributed by atoms with van der Waals surface area (Å²) in [5.74, 6) is 3.05. The third-order valence-corrected chi connectivity index (χ3v) is 4.68. The first-order chi connectivity index (χ1) is 13.7. The first kappa shape index (κ1) is 17.8. The highest BCUT2D eigenvalue weighted by Crippen LogP contribution is 2.36. The largest absolute Gasteiger partial charge is 0.497 e. The molecule has 1 N–H and O–H groups in total. The predicted octanol–water partition coefficient (Wildman–Crippen LogP) is 5.02. The lowest BCUT2D eigenvalue weighted by molar-refractivity contribution is 0.404. The Morgan fingerprint density at radius 2 is 1.61 bits per heavy atom. The number of ether oxygens (including phenoxy) is 2. The number of fused-ring (bicyclic) bond motifs is 1. The number of methoxy groups -OCH3 is 2. The SMILES string of the molecule is CNc1nc(-c2ccccc2)nc2ccc(-c3cc(OC)ccc3OC)cc12. The molecule has 0 unspecified atom stereocenters. The molecule has 0 saturated carbocycles. The molecule has 0 fully saturated rings. The molecular weight excluding hydrogens is 350 g/mol. The van der Waals surface area contributed by atoms with Crippen LogP contribution < -0.4 is 14.8 Å². The topological polar surface area (TPSA) is 56.3 Å². The van der Waals surface area contributed by atoms with Crippen molar-refractivity contribution in [3.8, 4) is 34.0 Å². The zero-order valence-electron chi connectivity index (χ0n) is 16.1. The lowest BCUT2D eigenvalue weighted by Gasteiger charge is -2.13. The summed E-state index contributed by atoms with van der Waals surface area (Å²) in [4.78, 5) is 9.48. The molecule has 4 aromatic rings. The fourth-order valence-electron chi connectivity index (χ4n) is 3.24. The molecule has 5 nitrogen and oxygen atoms in total. The van der Waals surface area contributed by atoms with Gasteiger partial charge in [0.15, 0.2) is 5.82 Å². The Labute approximate surface area is 164 Å². The average molecular weight is 371 g/mol. The Hall–Kier alpha value is -3.60. The second kappa shape index (κ2) is 7.56. The molecule has 4 rings (SSSR count). The second-order valence-corrected chi connectivity index (χ2v) is 6.31. The van der Waals surface area contributed by atoms with Crippen LogP contribution in [-0.4, -0.2) is 31.2 Å². The van der Waals surface area contributed by atoms with Gasteiger partial charge in [-0.3, -0.25) is 0 Å². The lowest BCUT2D eigenvalue weighted by Crippen LogP contribution is -1.99. The molecule has 0 aliphatic carbocycles. The molecule has 0 aliphatic heterocycles. The van der Waals surface area contributed by atoms with E-state index in [0.29, 0.717) is 5.82 Å². The van der Waals surface area contributed by atoms with Gasteiger partial charge in [-0.25, -0.2) is 9.97 Å². The number of hydrogen-bond acceptors (Lipinski definition) is 5. The van der Waals surface area contributed by atoms with Crippen molar-refractivity contribution in [3.05, 3.63) is 66.7 Å². The number of aromatic nitrogens is 2. The van der Waals surface area contributed by atoms with Crippen molar-refractivity contribution in [2.75, 3.05) is 26.6 Å². The van der Waals surface area contributed by atoms with Crippen molar-refractivity contribution < 1.29 is 9.47 Å². The van der Waals surface area contributed by atoms with Crippen LogP contribution in [0.1, 0.15) is 0 Å². The van der Waals surface area contributed by atoms with Crippen LogP contribution in [0.25, 0.3) is 33.4 Å². The molecule has 1 aromatic heterocycles. The van der Waals surface area contributed by atoms with E-state index in [-0.39, 0.29) is 0 Å². The van der Waals surface area contributed by atoms with Crippen LogP contribution in [0.5, 0.6) is 11.5 Å². The molecular formula is C23H21N3O2. The third-order valence-electron chi connectivity index (χ3n) is 4.68. The summed E-state index contributed by atoms with van der Waals surface area (Å²) in [5, 5.41) is 4.15. The highest BCUT2D eigenvalue weighted by Gasteiger charge is 2.13. The van der Waals surface area contributed by atoms with Gasteiger partial charge >= 0.3 is 0 Å². The fraction of sp³-hybridized carbons (Fsp3) is 0.130. The van der Waals surface area contributed by atoms with Crippen LogP contribution in [-0.2, 0) is 0 Å². The van der Waals surface area contributed by atoms with Gasteiger partial charge in [0.05, 0.1) is 19.7 Å². The predicted molar refractivity (Wildman–Crippen MR) is 113 cm³/mol. The molecule has 3 aromatic carbocycles. The van der Waals surface area contributed by atoms with E-state index in [9.17, 15) is 0 Å². The maximum atomic E-state index is 5.54. The van der Waals surface area contributed by atoms with Crippen molar-refractivity contribution in [2.45, 2.75) is 0 Å². The standard InChI is InChI=1S/C23H21N3O2/c1-24-23-19-13-16(18-14-17(27-2)10-12-21(18)28-3)9-11-20(19)25-22(26-23)15-7-5-4-6-8-15/h4-14H,1-3H3,(H,24,25,26). The summed E-state index contributed by atoms with van der Waals surface area (Å²) >= 11 is 0. The highest BCUT2D eigenvalue weighted by molar-refractivity contribution is 5.94. The number of hydrogen-bond donors (Lipinski definition) is 1. The molecule has 5 heteroatoms. The fourth-order valence-corrected chi connectivity index (χ4v) is 3.24. The summed E-state index contributed by atoms with van der Waals surface area (Å²) in [6.07, 6.45) is 0. The van der Waals surface area contributed by atoms with Crippen LogP contribution in [0.2, 0.25) is 0 Å². The Bertz CT molecular complexity index is 1130. The van der Waals surface area contributed by atoms with Gasteiger partial charge in [-0.1, -0.05) is 36.4 Å². The molecule has 0 amide bonds. The first-order valence-corrected chi connectivity index (χ1v) is 9.01. The minimum atomic E-state index is 0.698. The van der Waals surface area contributed by atoms with Crippen molar-refractivity contribution in [3.63, 3.8) is 0 Å². The summed E-state index contributed by atoms with van der Waals surface area (Å²) in [6, 6.07) is 21.9. The van der Waals surface area contributed by atoms with E-state index in [1.54, 1.807) is 14.2 Å². The molecule has 0 saturated heterocycles. The second-order valence-electron chi connectivity index (χ2n) is 6.31. The normalized spacial score (nSPS) is 10.7. The first-order valence-electron chi connectivity index (χ1n) is 9.01. The van der Waals surface area contributed by atoms with Crippen molar-refractivity contribution in [2.24, 2.45) is 0 Å². The zero-order chi connectivity index (χ0) is 19.5. The van der Waals surface area contributed by atoms with Gasteiger partial charge < -0.3 is 14.8 Å². The Morgan fingerprint density at radius 1 is 0.786 bits per heavy atom. The zero-order valence-corrected chi connectivity index (χ0v) is 16.1. The summed E-state index contributed by atoms with van der Waals surface area (Å²) in [5.41, 5.74) is 3.83. The highest BCUT2D eigenvalue weighted by atomic mass is 16.5. The Kier molecular flexibility index (Phi) is 4.81. The number of nitrogens with one attached hydrogen (secondary N) is 1. The van der Waals surface area contributed by atoms with Crippen molar-refractivity contribution in [1.82, 2.24) is 9.97 Å². The van der Waals surface area contributed by atoms with Gasteiger partial charge in [-0.05, 0) is 35.9 Å². The van der Waals surface area contributed by atoms with E-state index in [1.807, 2.05) is 67.7 Å². The van der Waals surface area contributed by atoms with E-state index in [1.165, 1.54) is 0 Å². The molecule has 1 heterocycles. The lowest BCUT2D eigenvalue weighted by atomic mass is 10.0. The van der Waals surface area contributed by atoms with Gasteiger partial charge in [0.1, 0.15) is 17.3 Å². The molecule has 140 valence electrons. The van der Waals surface area contributed by atoms with Crippen LogP contribution in [0.3, 0.4) is 0 Å². The van der Waals surface area contributed by atoms with Crippen molar-refractivity contribution in [1.29, 1.82) is 0 Å². The maximum absolute atomic E-state index is 5.54. The van der Waals surface area contributed by atoms with Gasteiger partial charge in [0.25, 0.3) is 0 Å². The van der Waals surface area contributed by atoms with Gasteiger partial charge in [0, 0.05) is 23.6 Å².